The summed E-state index contributed by atoms with van der Waals surface area (Å²) in [5, 5.41) is 12.0. The van der Waals surface area contributed by atoms with Crippen LogP contribution in [-0.2, 0) is 19.0 Å². The predicted molar refractivity (Wildman–Crippen MR) is 144 cm³/mol. The Morgan fingerprint density at radius 1 is 0.921 bits per heavy atom. The highest BCUT2D eigenvalue weighted by Crippen LogP contribution is 2.33. The van der Waals surface area contributed by atoms with Gasteiger partial charge in [-0.2, -0.15) is 11.8 Å². The van der Waals surface area contributed by atoms with Crippen LogP contribution in [-0.4, -0.2) is 99.9 Å². The molecule has 3 rings (SSSR count). The fourth-order valence-electron chi connectivity index (χ4n) is 4.22. The molecule has 0 bridgehead atoms. The van der Waals surface area contributed by atoms with Gasteiger partial charge in [-0.3, -0.25) is 14.4 Å². The zero-order valence-electron chi connectivity index (χ0n) is 21.6. The smallest absolute Gasteiger partial charge is 0.315 e. The molecule has 0 aromatic heterocycles. The number of carbonyl (C=O) groups is 4. The third kappa shape index (κ3) is 10.6. The molecule has 2 saturated heterocycles. The number of aldehydes is 1. The summed E-state index contributed by atoms with van der Waals surface area (Å²) in [6, 6.07) is 6.80. The Bertz CT molecular complexity index is 902. The molecule has 11 nitrogen and oxygen atoms in total. The van der Waals surface area contributed by atoms with Crippen LogP contribution in [0.3, 0.4) is 0 Å². The number of amides is 4. The van der Waals surface area contributed by atoms with E-state index in [1.807, 2.05) is 11.8 Å². The van der Waals surface area contributed by atoms with E-state index in [1.165, 1.54) is 0 Å². The predicted octanol–water partition coefficient (Wildman–Crippen LogP) is 1.12. The molecular weight excluding hydrogens is 512 g/mol. The van der Waals surface area contributed by atoms with Crippen molar-refractivity contribution in [1.82, 2.24) is 21.3 Å². The Balaban J connectivity index is 1.04. The molecular formula is C26H38N4O7S. The van der Waals surface area contributed by atoms with Crippen molar-refractivity contribution in [2.45, 2.75) is 43.0 Å². The molecule has 38 heavy (non-hydrogen) atoms. The van der Waals surface area contributed by atoms with Crippen molar-refractivity contribution in [2.24, 2.45) is 0 Å². The van der Waals surface area contributed by atoms with Gasteiger partial charge in [-0.05, 0) is 25.0 Å². The highest BCUT2D eigenvalue weighted by Gasteiger charge is 2.42. The maximum absolute atomic E-state index is 12.0. The summed E-state index contributed by atoms with van der Waals surface area (Å²) in [4.78, 5) is 46.0. The number of unbranched alkanes of at least 4 members (excludes halogenated alkanes) is 1. The summed E-state index contributed by atoms with van der Waals surface area (Å²) in [7, 11) is 0. The zero-order chi connectivity index (χ0) is 27.0. The Morgan fingerprint density at radius 2 is 1.58 bits per heavy atom. The van der Waals surface area contributed by atoms with E-state index in [4.69, 9.17) is 14.2 Å². The van der Waals surface area contributed by atoms with Crippen molar-refractivity contribution in [3.63, 3.8) is 0 Å². The second-order valence-electron chi connectivity index (χ2n) is 9.05. The first-order chi connectivity index (χ1) is 18.6. The minimum atomic E-state index is -0.216. The van der Waals surface area contributed by atoms with Gasteiger partial charge < -0.3 is 35.5 Å². The molecule has 210 valence electrons. The lowest BCUT2D eigenvalue weighted by molar-refractivity contribution is -0.121. The van der Waals surface area contributed by atoms with E-state index >= 15 is 0 Å². The number of nitrogens with one attached hydrogen (secondary N) is 4. The largest absolute Gasteiger partial charge is 0.377 e. The third-order valence-electron chi connectivity index (χ3n) is 6.23. The van der Waals surface area contributed by atoms with Crippen LogP contribution in [0, 0.1) is 0 Å². The molecule has 0 spiro atoms. The summed E-state index contributed by atoms with van der Waals surface area (Å²) in [6.45, 7) is 3.33. The number of rotatable bonds is 19. The first-order valence-electron chi connectivity index (χ1n) is 13.1. The maximum atomic E-state index is 12.0. The summed E-state index contributed by atoms with van der Waals surface area (Å²) < 4.78 is 16.3. The molecule has 0 radical (unpaired) electrons. The standard InChI is InChI=1S/C26H38N4O7S/c31-17-19-5-7-20(8-6-19)25(33)28-10-12-36-14-16-37-15-13-35-11-9-27-23(32)4-2-1-3-22-24-21(18-38-22)29-26(34)30-24/h5-8,17,21-22,24H,1-4,9-16,18H2,(H,27,32)(H,28,33)(H2,29,30,34)/t21-,22-,24-/m0/s1. The summed E-state index contributed by atoms with van der Waals surface area (Å²) in [5.74, 6) is 0.768. The van der Waals surface area contributed by atoms with Crippen LogP contribution in [0.25, 0.3) is 0 Å². The Kier molecular flexibility index (Phi) is 13.4. The lowest BCUT2D eigenvalue weighted by Gasteiger charge is -2.16. The quantitative estimate of drug-likeness (QED) is 0.114. The van der Waals surface area contributed by atoms with Crippen molar-refractivity contribution in [1.29, 1.82) is 0 Å². The SMILES string of the molecule is O=Cc1ccc(C(=O)NCCOCCOCCOCCNC(=O)CCCC[C@@H]2SC[C@@H]3NC(=O)N[C@@H]32)cc1. The van der Waals surface area contributed by atoms with Crippen molar-refractivity contribution in [3.05, 3.63) is 35.4 Å². The fourth-order valence-corrected chi connectivity index (χ4v) is 5.76. The molecule has 1 aromatic carbocycles. The lowest BCUT2D eigenvalue weighted by atomic mass is 10.0. The third-order valence-corrected chi connectivity index (χ3v) is 7.74. The van der Waals surface area contributed by atoms with Gasteiger partial charge in [0.05, 0.1) is 51.7 Å². The van der Waals surface area contributed by atoms with Gasteiger partial charge in [0.25, 0.3) is 5.91 Å². The molecule has 2 fully saturated rings. The molecule has 0 aliphatic carbocycles. The zero-order valence-corrected chi connectivity index (χ0v) is 22.4. The van der Waals surface area contributed by atoms with Gasteiger partial charge >= 0.3 is 6.03 Å². The highest BCUT2D eigenvalue weighted by atomic mass is 32.2. The molecule has 0 unspecified atom stereocenters. The number of thioether (sulfide) groups is 1. The normalized spacial score (nSPS) is 19.9. The van der Waals surface area contributed by atoms with Crippen LogP contribution in [0.4, 0.5) is 4.79 Å². The second-order valence-corrected chi connectivity index (χ2v) is 10.3. The van der Waals surface area contributed by atoms with Crippen molar-refractivity contribution >= 4 is 35.9 Å². The van der Waals surface area contributed by atoms with Crippen molar-refractivity contribution < 1.29 is 33.4 Å². The Hall–Kier alpha value is -2.67. The van der Waals surface area contributed by atoms with Crippen LogP contribution in [0.5, 0.6) is 0 Å². The van der Waals surface area contributed by atoms with Crippen LogP contribution in [0.15, 0.2) is 24.3 Å². The van der Waals surface area contributed by atoms with Gasteiger partial charge in [-0.1, -0.05) is 18.6 Å². The monoisotopic (exact) mass is 550 g/mol. The van der Waals surface area contributed by atoms with Crippen LogP contribution in [0.1, 0.15) is 46.4 Å². The van der Waals surface area contributed by atoms with Gasteiger partial charge in [0, 0.05) is 41.6 Å². The number of hydrogen-bond donors (Lipinski definition) is 4. The van der Waals surface area contributed by atoms with Crippen LogP contribution >= 0.6 is 11.8 Å². The van der Waals surface area contributed by atoms with Crippen LogP contribution in [0.2, 0.25) is 0 Å². The van der Waals surface area contributed by atoms with Crippen molar-refractivity contribution in [3.8, 4) is 0 Å². The number of urea groups is 1. The molecule has 3 atom stereocenters. The van der Waals surface area contributed by atoms with E-state index < -0.39 is 0 Å². The molecule has 2 aliphatic heterocycles. The second kappa shape index (κ2) is 17.0. The van der Waals surface area contributed by atoms with E-state index in [0.717, 1.165) is 31.3 Å². The van der Waals surface area contributed by atoms with Crippen LogP contribution < -0.4 is 21.3 Å². The van der Waals surface area contributed by atoms with Crippen molar-refractivity contribution in [2.75, 3.05) is 58.5 Å². The van der Waals surface area contributed by atoms with E-state index in [-0.39, 0.29) is 29.9 Å². The Morgan fingerprint density at radius 3 is 2.26 bits per heavy atom. The molecule has 2 heterocycles. The van der Waals surface area contributed by atoms with Gasteiger partial charge in [0.15, 0.2) is 0 Å². The fraction of sp³-hybridized carbons (Fsp3) is 0.615. The minimum Gasteiger partial charge on any atom is -0.377 e. The molecule has 4 N–H and O–H groups in total. The first-order valence-corrected chi connectivity index (χ1v) is 14.1. The molecule has 2 aliphatic rings. The molecule has 12 heteroatoms. The van der Waals surface area contributed by atoms with E-state index in [0.29, 0.717) is 75.5 Å². The Labute approximate surface area is 227 Å². The van der Waals surface area contributed by atoms with Gasteiger partial charge in [-0.25, -0.2) is 4.79 Å². The minimum absolute atomic E-state index is 0.0294. The average molecular weight is 551 g/mol. The first kappa shape index (κ1) is 29.9. The van der Waals surface area contributed by atoms with Gasteiger partial charge in [-0.15, -0.1) is 0 Å². The molecule has 0 saturated carbocycles. The molecule has 1 aromatic rings. The summed E-state index contributed by atoms with van der Waals surface area (Å²) in [6.07, 6.45) is 4.04. The van der Waals surface area contributed by atoms with Gasteiger partial charge in [0.1, 0.15) is 6.29 Å². The lowest BCUT2D eigenvalue weighted by Crippen LogP contribution is -2.36. The number of ether oxygens (including phenoxy) is 3. The average Bonchev–Trinajstić information content (AvgIpc) is 3.48. The molecule has 4 amide bonds. The number of benzene rings is 1. The van der Waals surface area contributed by atoms with E-state index in [2.05, 4.69) is 21.3 Å². The summed E-state index contributed by atoms with van der Waals surface area (Å²) >= 11 is 1.89. The van der Waals surface area contributed by atoms with E-state index in [9.17, 15) is 19.2 Å². The van der Waals surface area contributed by atoms with Gasteiger partial charge in [0.2, 0.25) is 5.91 Å². The number of fused-ring (bicyclic) bond motifs is 1. The topological polar surface area (TPSA) is 144 Å². The number of hydrogen-bond acceptors (Lipinski definition) is 8. The number of carbonyl (C=O) groups excluding carboxylic acids is 4. The highest BCUT2D eigenvalue weighted by molar-refractivity contribution is 8.00. The summed E-state index contributed by atoms with van der Waals surface area (Å²) in [5.41, 5.74) is 1.02. The maximum Gasteiger partial charge on any atom is 0.315 e. The van der Waals surface area contributed by atoms with E-state index in [1.54, 1.807) is 24.3 Å².